The van der Waals surface area contributed by atoms with Crippen LogP contribution in [0.4, 0.5) is 0 Å². The summed E-state index contributed by atoms with van der Waals surface area (Å²) in [7, 11) is 2.15. The van der Waals surface area contributed by atoms with Crippen molar-refractivity contribution in [3.8, 4) is 0 Å². The van der Waals surface area contributed by atoms with Crippen LogP contribution in [-0.4, -0.2) is 48.4 Å². The van der Waals surface area contributed by atoms with Gasteiger partial charge in [0.25, 0.3) is 0 Å². The summed E-state index contributed by atoms with van der Waals surface area (Å²) in [6, 6.07) is 10.8. The van der Waals surface area contributed by atoms with E-state index in [0.29, 0.717) is 12.6 Å². The van der Waals surface area contributed by atoms with Crippen LogP contribution in [0.2, 0.25) is 0 Å². The van der Waals surface area contributed by atoms with Crippen molar-refractivity contribution in [2.45, 2.75) is 38.9 Å². The molecule has 0 bridgehead atoms. The fourth-order valence-electron chi connectivity index (χ4n) is 2.63. The molecule has 116 valence electrons. The molecule has 0 aromatic heterocycles. The first-order valence-electron chi connectivity index (χ1n) is 7.87. The molecule has 1 saturated heterocycles. The Labute approximate surface area is 128 Å². The molecular formula is C17H27N3O. The Morgan fingerprint density at radius 1 is 1.29 bits per heavy atom. The molecule has 0 spiro atoms. The second-order valence-electron chi connectivity index (χ2n) is 6.06. The van der Waals surface area contributed by atoms with Crippen molar-refractivity contribution in [2.24, 2.45) is 0 Å². The van der Waals surface area contributed by atoms with Crippen molar-refractivity contribution in [3.05, 3.63) is 35.9 Å². The highest BCUT2D eigenvalue weighted by atomic mass is 16.2. The van der Waals surface area contributed by atoms with E-state index in [1.807, 2.05) is 23.1 Å². The minimum absolute atomic E-state index is 0.0431. The van der Waals surface area contributed by atoms with E-state index in [0.717, 1.165) is 25.9 Å². The number of nitrogens with zero attached hydrogens (tertiary/aromatic N) is 2. The lowest BCUT2D eigenvalue weighted by Crippen LogP contribution is -2.32. The van der Waals surface area contributed by atoms with E-state index < -0.39 is 0 Å². The molecule has 1 aliphatic heterocycles. The Bertz CT molecular complexity index is 447. The molecule has 1 amide bonds. The predicted octanol–water partition coefficient (Wildman–Crippen LogP) is 2.24. The molecule has 1 heterocycles. The molecule has 1 fully saturated rings. The first kappa shape index (κ1) is 16.0. The highest BCUT2D eigenvalue weighted by Crippen LogP contribution is 2.22. The third-order valence-corrected chi connectivity index (χ3v) is 4.24. The lowest BCUT2D eigenvalue weighted by atomic mass is 10.1. The fourth-order valence-corrected chi connectivity index (χ4v) is 2.63. The quantitative estimate of drug-likeness (QED) is 0.782. The van der Waals surface area contributed by atoms with Gasteiger partial charge in [0.15, 0.2) is 0 Å². The second kappa shape index (κ2) is 7.57. The summed E-state index contributed by atoms with van der Waals surface area (Å²) < 4.78 is 0. The van der Waals surface area contributed by atoms with E-state index in [1.165, 1.54) is 5.56 Å². The monoisotopic (exact) mass is 289 g/mol. The van der Waals surface area contributed by atoms with E-state index in [9.17, 15) is 4.79 Å². The van der Waals surface area contributed by atoms with Crippen LogP contribution in [0.25, 0.3) is 0 Å². The molecule has 0 saturated carbocycles. The summed E-state index contributed by atoms with van der Waals surface area (Å²) in [5.41, 5.74) is 1.17. The summed E-state index contributed by atoms with van der Waals surface area (Å²) in [5, 5.41) is 3.31. The van der Waals surface area contributed by atoms with Crippen LogP contribution in [0.1, 0.15) is 38.4 Å². The number of carbonyl (C=O) groups is 1. The maximum Gasteiger partial charge on any atom is 0.238 e. The Morgan fingerprint density at radius 2 is 2.00 bits per heavy atom. The van der Waals surface area contributed by atoms with Crippen molar-refractivity contribution in [1.82, 2.24) is 15.1 Å². The number of unbranched alkanes of at least 4 members (excludes halogenated alkanes) is 1. The SMILES string of the molecule is CC(C)N(C)CCCCN1C(=O)CNC1c1ccccc1. The van der Waals surface area contributed by atoms with E-state index >= 15 is 0 Å². The minimum atomic E-state index is 0.0431. The van der Waals surface area contributed by atoms with Gasteiger partial charge >= 0.3 is 0 Å². The first-order chi connectivity index (χ1) is 10.1. The van der Waals surface area contributed by atoms with Gasteiger partial charge in [-0.25, -0.2) is 0 Å². The van der Waals surface area contributed by atoms with Crippen LogP contribution in [-0.2, 0) is 4.79 Å². The Hall–Kier alpha value is -1.39. The van der Waals surface area contributed by atoms with Crippen LogP contribution in [0.3, 0.4) is 0 Å². The Balaban J connectivity index is 1.84. The largest absolute Gasteiger partial charge is 0.322 e. The zero-order valence-corrected chi connectivity index (χ0v) is 13.4. The maximum atomic E-state index is 12.0. The zero-order valence-electron chi connectivity index (χ0n) is 13.4. The van der Waals surface area contributed by atoms with E-state index in [4.69, 9.17) is 0 Å². The average Bonchev–Trinajstić information content (AvgIpc) is 2.85. The second-order valence-corrected chi connectivity index (χ2v) is 6.06. The molecule has 4 heteroatoms. The van der Waals surface area contributed by atoms with Gasteiger partial charge < -0.3 is 9.80 Å². The number of benzene rings is 1. The highest BCUT2D eigenvalue weighted by Gasteiger charge is 2.30. The van der Waals surface area contributed by atoms with Crippen molar-refractivity contribution in [3.63, 3.8) is 0 Å². The van der Waals surface area contributed by atoms with Gasteiger partial charge in [0.1, 0.15) is 6.17 Å². The molecule has 0 aliphatic carbocycles. The third kappa shape index (κ3) is 4.29. The van der Waals surface area contributed by atoms with Crippen LogP contribution in [0, 0.1) is 0 Å². The van der Waals surface area contributed by atoms with Gasteiger partial charge in [0.2, 0.25) is 5.91 Å². The molecule has 1 aromatic rings. The lowest BCUT2D eigenvalue weighted by molar-refractivity contribution is -0.128. The summed E-state index contributed by atoms with van der Waals surface area (Å²) in [6.07, 6.45) is 2.22. The molecule has 1 N–H and O–H groups in total. The third-order valence-electron chi connectivity index (χ3n) is 4.24. The molecule has 2 rings (SSSR count). The molecule has 1 aliphatic rings. The van der Waals surface area contributed by atoms with E-state index in [1.54, 1.807) is 0 Å². The Kier molecular flexibility index (Phi) is 5.76. The van der Waals surface area contributed by atoms with Crippen LogP contribution in [0.5, 0.6) is 0 Å². The van der Waals surface area contributed by atoms with Gasteiger partial charge in [-0.15, -0.1) is 0 Å². The van der Waals surface area contributed by atoms with E-state index in [2.05, 4.69) is 43.2 Å². The predicted molar refractivity (Wildman–Crippen MR) is 85.9 cm³/mol. The molecular weight excluding hydrogens is 262 g/mol. The average molecular weight is 289 g/mol. The van der Waals surface area contributed by atoms with Gasteiger partial charge in [-0.1, -0.05) is 30.3 Å². The minimum Gasteiger partial charge on any atom is -0.322 e. The maximum absolute atomic E-state index is 12.0. The van der Waals surface area contributed by atoms with Crippen LogP contribution >= 0.6 is 0 Å². The van der Waals surface area contributed by atoms with E-state index in [-0.39, 0.29) is 12.1 Å². The zero-order chi connectivity index (χ0) is 15.2. The summed E-state index contributed by atoms with van der Waals surface area (Å²) in [5.74, 6) is 0.209. The van der Waals surface area contributed by atoms with Gasteiger partial charge in [0, 0.05) is 12.6 Å². The number of amides is 1. The fraction of sp³-hybridized carbons (Fsp3) is 0.588. The summed E-state index contributed by atoms with van der Waals surface area (Å²) in [6.45, 7) is 6.78. The first-order valence-corrected chi connectivity index (χ1v) is 7.87. The molecule has 0 radical (unpaired) electrons. The van der Waals surface area contributed by atoms with Crippen LogP contribution < -0.4 is 5.32 Å². The van der Waals surface area contributed by atoms with Crippen LogP contribution in [0.15, 0.2) is 30.3 Å². The number of carbonyl (C=O) groups excluding carboxylic acids is 1. The van der Waals surface area contributed by atoms with Crippen molar-refractivity contribution >= 4 is 5.91 Å². The van der Waals surface area contributed by atoms with Crippen molar-refractivity contribution < 1.29 is 4.79 Å². The number of rotatable bonds is 7. The van der Waals surface area contributed by atoms with Gasteiger partial charge in [0.05, 0.1) is 6.54 Å². The van der Waals surface area contributed by atoms with Gasteiger partial charge in [-0.2, -0.15) is 0 Å². The smallest absolute Gasteiger partial charge is 0.238 e. The molecule has 21 heavy (non-hydrogen) atoms. The lowest BCUT2D eigenvalue weighted by Gasteiger charge is -2.25. The normalized spacial score (nSPS) is 19.0. The number of hydrogen-bond acceptors (Lipinski definition) is 3. The Morgan fingerprint density at radius 3 is 2.67 bits per heavy atom. The summed E-state index contributed by atoms with van der Waals surface area (Å²) >= 11 is 0. The number of hydrogen-bond donors (Lipinski definition) is 1. The number of nitrogens with one attached hydrogen (secondary N) is 1. The molecule has 1 aromatic carbocycles. The highest BCUT2D eigenvalue weighted by molar-refractivity contribution is 5.80. The van der Waals surface area contributed by atoms with Gasteiger partial charge in [-0.3, -0.25) is 10.1 Å². The van der Waals surface area contributed by atoms with Crippen molar-refractivity contribution in [2.75, 3.05) is 26.7 Å². The molecule has 4 nitrogen and oxygen atoms in total. The molecule has 1 unspecified atom stereocenters. The van der Waals surface area contributed by atoms with Gasteiger partial charge in [-0.05, 0) is 45.8 Å². The standard InChI is InChI=1S/C17H27N3O/c1-14(2)19(3)11-7-8-12-20-16(21)13-18-17(20)15-9-5-4-6-10-15/h4-6,9-10,14,17-18H,7-8,11-13H2,1-3H3. The summed E-state index contributed by atoms with van der Waals surface area (Å²) in [4.78, 5) is 16.4. The topological polar surface area (TPSA) is 35.6 Å². The van der Waals surface area contributed by atoms with Crippen molar-refractivity contribution in [1.29, 1.82) is 0 Å². The molecule has 1 atom stereocenters.